The Hall–Kier alpha value is -0.920. The molecule has 0 saturated carbocycles. The summed E-state index contributed by atoms with van der Waals surface area (Å²) in [6, 6.07) is 4.62. The molecule has 0 saturated heterocycles. The number of thiazole rings is 1. The molecular formula is C12H10ClF3N2S2. The SMILES string of the molecule is Cc1ccc(SC(F)(F)F)cc1NCc1cnc(Cl)s1. The number of aromatic nitrogens is 1. The van der Waals surface area contributed by atoms with E-state index in [0.717, 1.165) is 10.4 Å². The summed E-state index contributed by atoms with van der Waals surface area (Å²) in [6.45, 7) is 2.31. The first-order valence-electron chi connectivity index (χ1n) is 5.54. The lowest BCUT2D eigenvalue weighted by Gasteiger charge is -2.11. The third kappa shape index (κ3) is 4.57. The Balaban J connectivity index is 2.08. The summed E-state index contributed by atoms with van der Waals surface area (Å²) >= 11 is 6.93. The smallest absolute Gasteiger partial charge is 0.380 e. The number of nitrogens with zero attached hydrogens (tertiary/aromatic N) is 1. The number of hydrogen-bond donors (Lipinski definition) is 1. The van der Waals surface area contributed by atoms with Crippen molar-refractivity contribution in [2.75, 3.05) is 5.32 Å². The maximum atomic E-state index is 12.3. The fraction of sp³-hybridized carbons (Fsp3) is 0.250. The van der Waals surface area contributed by atoms with Crippen LogP contribution >= 0.6 is 34.7 Å². The Morgan fingerprint density at radius 2 is 2.15 bits per heavy atom. The van der Waals surface area contributed by atoms with Gasteiger partial charge in [0.2, 0.25) is 0 Å². The minimum atomic E-state index is -4.28. The molecule has 8 heteroatoms. The van der Waals surface area contributed by atoms with Crippen LogP contribution in [0.1, 0.15) is 10.4 Å². The lowest BCUT2D eigenvalue weighted by molar-refractivity contribution is -0.0328. The molecule has 0 radical (unpaired) electrons. The molecule has 2 nitrogen and oxygen atoms in total. The predicted molar refractivity (Wildman–Crippen MR) is 77.5 cm³/mol. The van der Waals surface area contributed by atoms with Gasteiger partial charge in [0.25, 0.3) is 0 Å². The van der Waals surface area contributed by atoms with Crippen molar-refractivity contribution in [1.82, 2.24) is 4.98 Å². The van der Waals surface area contributed by atoms with Crippen LogP contribution in [0.15, 0.2) is 29.3 Å². The minimum Gasteiger partial charge on any atom is -0.380 e. The predicted octanol–water partition coefficient (Wildman–Crippen LogP) is 5.33. The molecule has 20 heavy (non-hydrogen) atoms. The summed E-state index contributed by atoms with van der Waals surface area (Å²) in [5, 5.41) is 3.10. The normalized spacial score (nSPS) is 11.7. The quantitative estimate of drug-likeness (QED) is 0.763. The summed E-state index contributed by atoms with van der Waals surface area (Å²) in [4.78, 5) is 4.99. The highest BCUT2D eigenvalue weighted by molar-refractivity contribution is 8.00. The van der Waals surface area contributed by atoms with Gasteiger partial charge in [-0.1, -0.05) is 17.7 Å². The molecule has 0 unspecified atom stereocenters. The maximum absolute atomic E-state index is 12.3. The zero-order valence-electron chi connectivity index (χ0n) is 10.3. The second kappa shape index (κ2) is 6.24. The molecule has 1 aromatic heterocycles. The topological polar surface area (TPSA) is 24.9 Å². The van der Waals surface area contributed by atoms with Crippen LogP contribution in [0.5, 0.6) is 0 Å². The van der Waals surface area contributed by atoms with Gasteiger partial charge >= 0.3 is 5.51 Å². The summed E-state index contributed by atoms with van der Waals surface area (Å²) in [5.41, 5.74) is -2.73. The molecule has 1 heterocycles. The lowest BCUT2D eigenvalue weighted by atomic mass is 10.2. The Morgan fingerprint density at radius 3 is 2.75 bits per heavy atom. The minimum absolute atomic E-state index is 0.121. The van der Waals surface area contributed by atoms with Crippen LogP contribution in [0.25, 0.3) is 0 Å². The van der Waals surface area contributed by atoms with Gasteiger partial charge in [0, 0.05) is 21.7 Å². The molecule has 2 aromatic rings. The summed E-state index contributed by atoms with van der Waals surface area (Å²) in [6.07, 6.45) is 1.64. The molecule has 1 N–H and O–H groups in total. The maximum Gasteiger partial charge on any atom is 0.446 e. The summed E-state index contributed by atoms with van der Waals surface area (Å²) in [5.74, 6) is 0. The Kier molecular flexibility index (Phi) is 4.82. The van der Waals surface area contributed by atoms with Gasteiger partial charge < -0.3 is 5.32 Å². The lowest BCUT2D eigenvalue weighted by Crippen LogP contribution is -2.02. The monoisotopic (exact) mass is 338 g/mol. The van der Waals surface area contributed by atoms with E-state index in [-0.39, 0.29) is 16.7 Å². The number of aryl methyl sites for hydroxylation is 1. The molecule has 0 aliphatic carbocycles. The molecule has 0 aliphatic rings. The first-order chi connectivity index (χ1) is 9.33. The van der Waals surface area contributed by atoms with Gasteiger partial charge in [-0.2, -0.15) is 13.2 Å². The number of anilines is 1. The van der Waals surface area contributed by atoms with Crippen molar-refractivity contribution in [1.29, 1.82) is 0 Å². The second-order valence-electron chi connectivity index (χ2n) is 3.96. The third-order valence-electron chi connectivity index (χ3n) is 2.42. The molecule has 1 aromatic carbocycles. The molecule has 0 aliphatic heterocycles. The van der Waals surface area contributed by atoms with Gasteiger partial charge in [0.1, 0.15) is 0 Å². The Bertz CT molecular complexity index is 599. The van der Waals surface area contributed by atoms with E-state index >= 15 is 0 Å². The molecule has 2 rings (SSSR count). The average Bonchev–Trinajstić information content (AvgIpc) is 2.74. The van der Waals surface area contributed by atoms with Crippen LogP contribution in [-0.2, 0) is 6.54 Å². The summed E-state index contributed by atoms with van der Waals surface area (Å²) < 4.78 is 37.5. The standard InChI is InChI=1S/C12H10ClF3N2S2/c1-7-2-3-8(20-12(14,15)16)4-10(7)17-5-9-6-18-11(13)19-9/h2-4,6,17H,5H2,1H3. The zero-order valence-corrected chi connectivity index (χ0v) is 12.7. The number of alkyl halides is 3. The van der Waals surface area contributed by atoms with Crippen molar-refractivity contribution in [3.63, 3.8) is 0 Å². The number of thioether (sulfide) groups is 1. The number of hydrogen-bond acceptors (Lipinski definition) is 4. The van der Waals surface area contributed by atoms with Crippen molar-refractivity contribution < 1.29 is 13.2 Å². The van der Waals surface area contributed by atoms with Crippen molar-refractivity contribution in [2.45, 2.75) is 23.9 Å². The van der Waals surface area contributed by atoms with Crippen LogP contribution in [0.4, 0.5) is 18.9 Å². The van der Waals surface area contributed by atoms with E-state index in [0.29, 0.717) is 16.7 Å². The van der Waals surface area contributed by atoms with Gasteiger partial charge in [-0.15, -0.1) is 11.3 Å². The van der Waals surface area contributed by atoms with Crippen LogP contribution in [0, 0.1) is 6.92 Å². The van der Waals surface area contributed by atoms with E-state index in [1.807, 2.05) is 6.92 Å². The van der Waals surface area contributed by atoms with Gasteiger partial charge in [0.15, 0.2) is 4.47 Å². The number of nitrogens with one attached hydrogen (secondary N) is 1. The van der Waals surface area contributed by atoms with E-state index in [4.69, 9.17) is 11.6 Å². The van der Waals surface area contributed by atoms with Crippen LogP contribution in [0.3, 0.4) is 0 Å². The highest BCUT2D eigenvalue weighted by Gasteiger charge is 2.29. The molecular weight excluding hydrogens is 329 g/mol. The second-order valence-corrected chi connectivity index (χ2v) is 6.79. The molecule has 0 amide bonds. The molecule has 0 fully saturated rings. The van der Waals surface area contributed by atoms with Crippen molar-refractivity contribution in [3.8, 4) is 0 Å². The van der Waals surface area contributed by atoms with Crippen LogP contribution < -0.4 is 5.32 Å². The van der Waals surface area contributed by atoms with Crippen molar-refractivity contribution >= 4 is 40.4 Å². The highest BCUT2D eigenvalue weighted by atomic mass is 35.5. The fourth-order valence-corrected chi connectivity index (χ4v) is 3.03. The zero-order chi connectivity index (χ0) is 14.8. The van der Waals surface area contributed by atoms with Crippen molar-refractivity contribution in [2.24, 2.45) is 0 Å². The first kappa shape index (κ1) is 15.5. The highest BCUT2D eigenvalue weighted by Crippen LogP contribution is 2.38. The average molecular weight is 339 g/mol. The molecule has 0 bridgehead atoms. The van der Waals surface area contributed by atoms with E-state index in [1.54, 1.807) is 12.3 Å². The summed E-state index contributed by atoms with van der Waals surface area (Å²) in [7, 11) is 0. The van der Waals surface area contributed by atoms with Crippen LogP contribution in [0.2, 0.25) is 4.47 Å². The van der Waals surface area contributed by atoms with Crippen molar-refractivity contribution in [3.05, 3.63) is 39.3 Å². The van der Waals surface area contributed by atoms with Gasteiger partial charge in [-0.05, 0) is 36.4 Å². The first-order valence-corrected chi connectivity index (χ1v) is 7.55. The number of benzene rings is 1. The van der Waals surface area contributed by atoms with Gasteiger partial charge in [-0.3, -0.25) is 0 Å². The number of halogens is 4. The van der Waals surface area contributed by atoms with E-state index in [2.05, 4.69) is 10.3 Å². The number of rotatable bonds is 4. The Labute approximate surface area is 127 Å². The van der Waals surface area contributed by atoms with E-state index in [1.165, 1.54) is 23.5 Å². The van der Waals surface area contributed by atoms with Gasteiger partial charge in [0.05, 0.1) is 6.54 Å². The van der Waals surface area contributed by atoms with Gasteiger partial charge in [-0.25, -0.2) is 4.98 Å². The largest absolute Gasteiger partial charge is 0.446 e. The molecule has 0 spiro atoms. The molecule has 108 valence electrons. The van der Waals surface area contributed by atoms with E-state index < -0.39 is 5.51 Å². The Morgan fingerprint density at radius 1 is 1.40 bits per heavy atom. The van der Waals surface area contributed by atoms with E-state index in [9.17, 15) is 13.2 Å². The van der Waals surface area contributed by atoms with Crippen LogP contribution in [-0.4, -0.2) is 10.5 Å². The molecule has 0 atom stereocenters. The third-order valence-corrected chi connectivity index (χ3v) is 4.26. The fourth-order valence-electron chi connectivity index (χ4n) is 1.54.